The molecule has 10 heteroatoms. The Labute approximate surface area is 382 Å². The lowest BCUT2D eigenvalue weighted by atomic mass is 9.69. The van der Waals surface area contributed by atoms with Gasteiger partial charge in [-0.2, -0.15) is 0 Å². The molecular weight excluding hydrogens is 904 g/mol. The van der Waals surface area contributed by atoms with Crippen LogP contribution in [0.25, 0.3) is 6.08 Å². The highest BCUT2D eigenvalue weighted by Gasteiger charge is 2.59. The summed E-state index contributed by atoms with van der Waals surface area (Å²) in [6, 6.07) is 35.7. The van der Waals surface area contributed by atoms with Crippen molar-refractivity contribution >= 4 is 59.2 Å². The maximum Gasteiger partial charge on any atom is 0.261 e. The topological polar surface area (TPSA) is 88.5 Å². The van der Waals surface area contributed by atoms with Crippen molar-refractivity contribution in [3.8, 4) is 11.5 Å². The van der Waals surface area contributed by atoms with E-state index < -0.39 is 20.2 Å². The van der Waals surface area contributed by atoms with Crippen LogP contribution in [0.15, 0.2) is 120 Å². The van der Waals surface area contributed by atoms with E-state index >= 15 is 0 Å². The van der Waals surface area contributed by atoms with E-state index in [9.17, 15) is 14.7 Å². The third-order valence-corrected chi connectivity index (χ3v) is 19.7. The number of carbonyl (C=O) groups excluding carboxylic acids is 2. The van der Waals surface area contributed by atoms with E-state index in [1.54, 1.807) is 12.0 Å². The smallest absolute Gasteiger partial charge is 0.261 e. The summed E-state index contributed by atoms with van der Waals surface area (Å²) in [5.74, 6) is -0.432. The van der Waals surface area contributed by atoms with E-state index in [2.05, 4.69) is 146 Å². The summed E-state index contributed by atoms with van der Waals surface area (Å²) >= 11 is 2.14. The van der Waals surface area contributed by atoms with Crippen LogP contribution >= 0.6 is 22.6 Å². The van der Waals surface area contributed by atoms with Gasteiger partial charge in [-0.05, 0) is 111 Å². The minimum Gasteiger partial charge on any atom is -0.504 e. The second kappa shape index (κ2) is 19.0. The third kappa shape index (κ3) is 8.74. The molecule has 0 unspecified atom stereocenters. The van der Waals surface area contributed by atoms with Crippen molar-refractivity contribution in [1.29, 1.82) is 0 Å². The second-order valence-electron chi connectivity index (χ2n) is 18.6. The fourth-order valence-corrected chi connectivity index (χ4v) is 16.0. The molecule has 4 aliphatic rings. The lowest BCUT2D eigenvalue weighted by Crippen LogP contribution is -2.66. The summed E-state index contributed by atoms with van der Waals surface area (Å²) in [7, 11) is -1.35. The molecule has 3 saturated heterocycles. The van der Waals surface area contributed by atoms with Gasteiger partial charge in [0.2, 0.25) is 11.8 Å². The van der Waals surface area contributed by atoms with Crippen LogP contribution in [0, 0.1) is 21.3 Å². The number of amides is 2. The largest absolute Gasteiger partial charge is 0.504 e. The first kappa shape index (κ1) is 44.5. The first-order chi connectivity index (χ1) is 29.9. The zero-order valence-corrected chi connectivity index (χ0v) is 40.0. The minimum absolute atomic E-state index is 0.00904. The normalized spacial score (nSPS) is 22.6. The Morgan fingerprint density at radius 3 is 2.13 bits per heavy atom. The summed E-state index contributed by atoms with van der Waals surface area (Å²) < 4.78 is 20.6. The Morgan fingerprint density at radius 1 is 0.903 bits per heavy atom. The Bertz CT molecular complexity index is 2250. The Balaban J connectivity index is 1.11. The maximum atomic E-state index is 14.8. The number of rotatable bonds is 14. The molecule has 8 rings (SSSR count). The quantitative estimate of drug-likeness (QED) is 0.0584. The fraction of sp³-hybridized carbons (Fsp3) is 0.423. The van der Waals surface area contributed by atoms with Crippen LogP contribution < -0.4 is 15.1 Å². The van der Waals surface area contributed by atoms with Crippen LogP contribution in [-0.2, 0) is 25.3 Å². The lowest BCUT2D eigenvalue weighted by molar-refractivity contribution is -0.144. The van der Waals surface area contributed by atoms with E-state index in [4.69, 9.17) is 13.9 Å². The zero-order valence-electron chi connectivity index (χ0n) is 36.8. The second-order valence-corrected chi connectivity index (χ2v) is 24.0. The summed E-state index contributed by atoms with van der Waals surface area (Å²) in [6.45, 7) is 12.4. The molecule has 62 heavy (non-hydrogen) atoms. The van der Waals surface area contributed by atoms with E-state index in [1.165, 1.54) is 27.1 Å². The Hall–Kier alpha value is -4.07. The van der Waals surface area contributed by atoms with Gasteiger partial charge in [-0.3, -0.25) is 19.4 Å². The van der Waals surface area contributed by atoms with Crippen molar-refractivity contribution in [2.45, 2.75) is 89.9 Å². The summed E-state index contributed by atoms with van der Waals surface area (Å²) in [5.41, 5.74) is 5.83. The Morgan fingerprint density at radius 2 is 1.53 bits per heavy atom. The molecule has 1 aliphatic carbocycles. The molecule has 3 heterocycles. The van der Waals surface area contributed by atoms with Gasteiger partial charge in [0.15, 0.2) is 11.5 Å². The number of fused-ring (bicyclic) bond motifs is 3. The first-order valence-electron chi connectivity index (χ1n) is 22.4. The van der Waals surface area contributed by atoms with Crippen molar-refractivity contribution in [1.82, 2.24) is 9.80 Å². The number of carbonyl (C=O) groups is 2. The van der Waals surface area contributed by atoms with E-state index in [1.807, 2.05) is 18.2 Å². The number of hydrogen-bond acceptors (Lipinski definition) is 7. The molecule has 3 fully saturated rings. The number of aromatic hydroxyl groups is 1. The number of phenolic OH excluding ortho intramolecular Hbond substituents is 1. The highest BCUT2D eigenvalue weighted by molar-refractivity contribution is 14.1. The number of piperidine rings is 1. The molecule has 1 N–H and O–H groups in total. The van der Waals surface area contributed by atoms with Crippen LogP contribution in [0.3, 0.4) is 0 Å². The van der Waals surface area contributed by atoms with Gasteiger partial charge in [-0.25, -0.2) is 0 Å². The fourth-order valence-electron chi connectivity index (χ4n) is 10.9. The number of benzene rings is 4. The number of imide groups is 1. The molecule has 4 aromatic carbocycles. The number of halogens is 1. The van der Waals surface area contributed by atoms with Gasteiger partial charge in [-0.15, -0.1) is 0 Å². The summed E-state index contributed by atoms with van der Waals surface area (Å²) in [4.78, 5) is 33.6. The van der Waals surface area contributed by atoms with Crippen molar-refractivity contribution in [3.63, 3.8) is 0 Å². The predicted molar refractivity (Wildman–Crippen MR) is 257 cm³/mol. The molecule has 0 spiro atoms. The van der Waals surface area contributed by atoms with Crippen LogP contribution in [-0.4, -0.2) is 80.6 Å². The van der Waals surface area contributed by atoms with Gasteiger partial charge in [0.25, 0.3) is 8.32 Å². The van der Waals surface area contributed by atoms with Crippen LogP contribution in [0.5, 0.6) is 11.5 Å². The van der Waals surface area contributed by atoms with Gasteiger partial charge >= 0.3 is 0 Å². The summed E-state index contributed by atoms with van der Waals surface area (Å²) in [6.07, 6.45) is 6.49. The average molecular weight is 965 g/mol. The molecule has 2 amide bonds. The molecule has 0 bridgehead atoms. The number of phenols is 1. The minimum atomic E-state index is -2.92. The summed E-state index contributed by atoms with van der Waals surface area (Å²) in [5, 5.41) is 12.7. The van der Waals surface area contributed by atoms with Crippen molar-refractivity contribution < 1.29 is 28.6 Å². The van der Waals surface area contributed by atoms with Crippen LogP contribution in [0.4, 0.5) is 0 Å². The number of allylic oxidation sites excluding steroid dienone is 1. The standard InChI is InChI=1S/C52H61IN2O6Si/c1-6-35(28-37-29-44(53)49(56)46(30-37)59-5)22-23-45-47-38(33-61-62(52(2,3)4,40-18-12-8-13-19-40)41-20-14-9-15-21-41)31-42-48(43(47)34-60-45)51(58)55(50(42)57)39-24-26-54(27-25-39)32-36-16-10-7-11-17-36/h7-21,28-30,39,42-43,45,48,56H,6,22-27,31-34H2,1-5H3/b35-28+/t42-,43+,45-,48-/m1/s1. The number of nitrogens with zero attached hydrogens (tertiary/aromatic N) is 2. The molecule has 326 valence electrons. The first-order valence-corrected chi connectivity index (χ1v) is 25.4. The number of methoxy groups -OCH3 is 1. The zero-order chi connectivity index (χ0) is 43.6. The van der Waals surface area contributed by atoms with Gasteiger partial charge in [0, 0.05) is 31.6 Å². The van der Waals surface area contributed by atoms with Gasteiger partial charge in [-0.1, -0.05) is 130 Å². The van der Waals surface area contributed by atoms with E-state index in [0.29, 0.717) is 25.4 Å². The monoisotopic (exact) mass is 964 g/mol. The lowest BCUT2D eigenvalue weighted by Gasteiger charge is -2.44. The predicted octanol–water partition coefficient (Wildman–Crippen LogP) is 9.14. The molecule has 0 aromatic heterocycles. The number of ether oxygens (including phenoxy) is 2. The molecule has 0 saturated carbocycles. The van der Waals surface area contributed by atoms with E-state index in [0.717, 1.165) is 66.4 Å². The van der Waals surface area contributed by atoms with Crippen molar-refractivity contribution in [2.24, 2.45) is 17.8 Å². The van der Waals surface area contributed by atoms with E-state index in [-0.39, 0.29) is 40.7 Å². The average Bonchev–Trinajstić information content (AvgIpc) is 3.81. The molecular formula is C52H61IN2O6Si. The highest BCUT2D eigenvalue weighted by atomic mass is 127. The third-order valence-electron chi connectivity index (χ3n) is 13.9. The molecule has 4 atom stereocenters. The maximum absolute atomic E-state index is 14.8. The molecule has 4 aromatic rings. The molecule has 0 radical (unpaired) electrons. The van der Waals surface area contributed by atoms with Gasteiger partial charge < -0.3 is 19.0 Å². The van der Waals surface area contributed by atoms with Crippen LogP contribution in [0.1, 0.15) is 77.3 Å². The van der Waals surface area contributed by atoms with Crippen molar-refractivity contribution in [3.05, 3.63) is 135 Å². The van der Waals surface area contributed by atoms with Gasteiger partial charge in [0.05, 0.1) is 41.8 Å². The van der Waals surface area contributed by atoms with Crippen molar-refractivity contribution in [2.75, 3.05) is 33.4 Å². The SMILES string of the molecule is CC/C(=C\c1cc(I)c(O)c(OC)c1)CC[C@H]1OC[C@H]2C1=C(CO[Si](c1ccccc1)(c1ccccc1)C(C)(C)C)C[C@H]1C(=O)N(C3CCN(Cc4ccccc4)CC3)C(=O)[C@H]12. The Kier molecular flexibility index (Phi) is 13.6. The van der Waals surface area contributed by atoms with Crippen LogP contribution in [0.2, 0.25) is 5.04 Å². The molecule has 8 nitrogen and oxygen atoms in total. The number of likely N-dealkylation sites (tertiary alicyclic amines) is 2. The van der Waals surface area contributed by atoms with Gasteiger partial charge in [0.1, 0.15) is 0 Å². The number of hydrogen-bond donors (Lipinski definition) is 1. The molecule has 3 aliphatic heterocycles. The highest BCUT2D eigenvalue weighted by Crippen LogP contribution is 2.51.